The van der Waals surface area contributed by atoms with E-state index in [0.717, 1.165) is 11.0 Å². The first-order chi connectivity index (χ1) is 13.4. The number of carbonyl (C=O) groups is 3. The monoisotopic (exact) mass is 437 g/mol. The van der Waals surface area contributed by atoms with Gasteiger partial charge in [0.1, 0.15) is 0 Å². The maximum absolute atomic E-state index is 13.3. The van der Waals surface area contributed by atoms with E-state index >= 15 is 0 Å². The summed E-state index contributed by atoms with van der Waals surface area (Å²) in [6.45, 7) is -0.335. The normalized spacial score (nSPS) is 17.4. The van der Waals surface area contributed by atoms with Crippen LogP contribution in [0, 0.1) is 29.9 Å². The first-order valence-corrected chi connectivity index (χ1v) is 8.39. The lowest BCUT2D eigenvalue weighted by Crippen LogP contribution is -2.50. The topological polar surface area (TPSA) is 78.5 Å². The average molecular weight is 438 g/mol. The highest BCUT2D eigenvalue weighted by molar-refractivity contribution is 6.35. The molecule has 3 amide bonds. The van der Waals surface area contributed by atoms with Crippen LogP contribution in [0.5, 0.6) is 0 Å². The Hall–Kier alpha value is -2.87. The van der Waals surface area contributed by atoms with Gasteiger partial charge in [0.25, 0.3) is 0 Å². The maximum atomic E-state index is 13.3. The van der Waals surface area contributed by atoms with Crippen LogP contribution in [0.15, 0.2) is 12.1 Å². The summed E-state index contributed by atoms with van der Waals surface area (Å²) in [6.07, 6.45) is -0.125. The summed E-state index contributed by atoms with van der Waals surface area (Å²) in [5.74, 6) is -5.56. The van der Waals surface area contributed by atoms with Gasteiger partial charge in [0.15, 0.2) is 17.7 Å². The van der Waals surface area contributed by atoms with E-state index in [-0.39, 0.29) is 25.2 Å². The number of rotatable bonds is 3. The summed E-state index contributed by atoms with van der Waals surface area (Å²) in [5, 5.41) is 3.15. The van der Waals surface area contributed by atoms with E-state index in [0.29, 0.717) is 6.07 Å². The molecule has 2 atom stereocenters. The zero-order valence-electron chi connectivity index (χ0n) is 14.4. The van der Waals surface area contributed by atoms with Crippen molar-refractivity contribution >= 4 is 35.0 Å². The number of anilines is 1. The number of likely N-dealkylation sites (tertiary alicyclic amines) is 1. The third-order valence-electron chi connectivity index (χ3n) is 4.06. The minimum absolute atomic E-state index is 0.0738. The van der Waals surface area contributed by atoms with Crippen molar-refractivity contribution in [1.82, 2.24) is 10.2 Å². The molecule has 2 rings (SSSR count). The Morgan fingerprint density at radius 2 is 1.93 bits per heavy atom. The van der Waals surface area contributed by atoms with Crippen LogP contribution in [0.4, 0.5) is 27.6 Å². The molecule has 0 aliphatic carbocycles. The van der Waals surface area contributed by atoms with Gasteiger partial charge in [-0.05, 0) is 12.5 Å². The van der Waals surface area contributed by atoms with Gasteiger partial charge >= 0.3 is 18.0 Å². The molecule has 156 valence electrons. The number of benzene rings is 1. The number of carbonyl (C=O) groups excluding carboxylic acids is 3. The third kappa shape index (κ3) is 5.35. The lowest BCUT2D eigenvalue weighted by atomic mass is 10.1. The van der Waals surface area contributed by atoms with Crippen LogP contribution < -0.4 is 10.6 Å². The van der Waals surface area contributed by atoms with E-state index in [2.05, 4.69) is 5.32 Å². The molecule has 1 aliphatic heterocycles. The van der Waals surface area contributed by atoms with Gasteiger partial charge in [0, 0.05) is 24.8 Å². The summed E-state index contributed by atoms with van der Waals surface area (Å²) in [4.78, 5) is 36.9. The second-order valence-corrected chi connectivity index (χ2v) is 6.50. The predicted octanol–water partition coefficient (Wildman–Crippen LogP) is 2.09. The van der Waals surface area contributed by atoms with Crippen LogP contribution in [0.2, 0.25) is 5.02 Å². The first-order valence-electron chi connectivity index (χ1n) is 8.02. The van der Waals surface area contributed by atoms with Gasteiger partial charge in [-0.15, -0.1) is 6.42 Å². The third-order valence-corrected chi connectivity index (χ3v) is 4.34. The van der Waals surface area contributed by atoms with Crippen LogP contribution in [-0.2, 0) is 14.4 Å². The fourth-order valence-corrected chi connectivity index (χ4v) is 2.79. The molecule has 29 heavy (non-hydrogen) atoms. The molecule has 6 nitrogen and oxygen atoms in total. The number of terminal acetylenes is 1. The SMILES string of the molecule is C#C[C@@H](NC(=O)C(=O)N1CC[C@H](C(=O)Nc2cc(F)c(F)c(Cl)c2)C1)C(F)(F)F. The van der Waals surface area contributed by atoms with Gasteiger partial charge in [-0.2, -0.15) is 13.2 Å². The van der Waals surface area contributed by atoms with Crippen LogP contribution >= 0.6 is 11.6 Å². The lowest BCUT2D eigenvalue weighted by molar-refractivity contribution is -0.156. The molecule has 1 aliphatic rings. The number of hydrogen-bond donors (Lipinski definition) is 2. The summed E-state index contributed by atoms with van der Waals surface area (Å²) in [5.41, 5.74) is -0.122. The second-order valence-electron chi connectivity index (χ2n) is 6.09. The van der Waals surface area contributed by atoms with E-state index in [1.165, 1.54) is 11.2 Å². The Morgan fingerprint density at radius 3 is 2.48 bits per heavy atom. The van der Waals surface area contributed by atoms with Crippen LogP contribution in [-0.4, -0.2) is 47.9 Å². The molecule has 0 saturated carbocycles. The molecule has 1 aromatic rings. The Kier molecular flexibility index (Phi) is 6.69. The minimum atomic E-state index is -4.93. The number of amides is 3. The molecule has 1 fully saturated rings. The number of nitrogens with one attached hydrogen (secondary N) is 2. The van der Waals surface area contributed by atoms with Crippen molar-refractivity contribution in [3.05, 3.63) is 28.8 Å². The Labute approximate surface area is 166 Å². The van der Waals surface area contributed by atoms with Gasteiger partial charge in [-0.25, -0.2) is 8.78 Å². The summed E-state index contributed by atoms with van der Waals surface area (Å²) >= 11 is 5.49. The van der Waals surface area contributed by atoms with Crippen LogP contribution in [0.25, 0.3) is 0 Å². The molecule has 0 aromatic heterocycles. The molecular formula is C17H13ClF5N3O3. The van der Waals surface area contributed by atoms with Gasteiger partial charge in [-0.1, -0.05) is 17.5 Å². The van der Waals surface area contributed by atoms with Crippen molar-refractivity contribution in [1.29, 1.82) is 0 Å². The Balaban J connectivity index is 1.97. The van der Waals surface area contributed by atoms with Crippen molar-refractivity contribution in [2.24, 2.45) is 5.92 Å². The predicted molar refractivity (Wildman–Crippen MR) is 91.5 cm³/mol. The molecule has 1 saturated heterocycles. The molecular weight excluding hydrogens is 425 g/mol. The highest BCUT2D eigenvalue weighted by Crippen LogP contribution is 2.25. The lowest BCUT2D eigenvalue weighted by Gasteiger charge is -2.19. The maximum Gasteiger partial charge on any atom is 0.420 e. The quantitative estimate of drug-likeness (QED) is 0.329. The fraction of sp³-hybridized carbons (Fsp3) is 0.353. The van der Waals surface area contributed by atoms with Crippen molar-refractivity contribution in [3.63, 3.8) is 0 Å². The number of hydrogen-bond acceptors (Lipinski definition) is 3. The summed E-state index contributed by atoms with van der Waals surface area (Å²) in [6, 6.07) is -0.930. The smallest absolute Gasteiger partial charge is 0.334 e. The molecule has 12 heteroatoms. The second kappa shape index (κ2) is 8.65. The highest BCUT2D eigenvalue weighted by Gasteiger charge is 2.42. The highest BCUT2D eigenvalue weighted by atomic mass is 35.5. The molecule has 1 heterocycles. The van der Waals surface area contributed by atoms with E-state index in [1.807, 2.05) is 0 Å². The van der Waals surface area contributed by atoms with Crippen LogP contribution in [0.3, 0.4) is 0 Å². The molecule has 1 aromatic carbocycles. The van der Waals surface area contributed by atoms with Crippen molar-refractivity contribution in [2.75, 3.05) is 18.4 Å². The molecule has 0 radical (unpaired) electrons. The van der Waals surface area contributed by atoms with E-state index in [9.17, 15) is 36.3 Å². The van der Waals surface area contributed by atoms with Crippen molar-refractivity contribution in [2.45, 2.75) is 18.6 Å². The van der Waals surface area contributed by atoms with Gasteiger partial charge in [-0.3, -0.25) is 14.4 Å². The standard InChI is InChI=1S/C17H13ClF5N3O3/c1-2-12(17(21,22)23)25-15(28)16(29)26-4-3-8(7-26)14(27)24-9-5-10(18)13(20)11(19)6-9/h1,5-6,8,12H,3-4,7H2,(H,24,27)(H,25,28)/t8-,12+/m0/s1. The number of nitrogens with zero attached hydrogens (tertiary/aromatic N) is 1. The van der Waals surface area contributed by atoms with E-state index < -0.39 is 52.5 Å². The van der Waals surface area contributed by atoms with Gasteiger partial charge in [0.05, 0.1) is 10.9 Å². The van der Waals surface area contributed by atoms with Crippen molar-refractivity contribution < 1.29 is 36.3 Å². The Morgan fingerprint density at radius 1 is 1.28 bits per heavy atom. The molecule has 0 unspecified atom stereocenters. The zero-order chi connectivity index (χ0) is 21.9. The number of halogens is 6. The fourth-order valence-electron chi connectivity index (χ4n) is 2.59. The largest absolute Gasteiger partial charge is 0.420 e. The summed E-state index contributed by atoms with van der Waals surface area (Å²) in [7, 11) is 0. The zero-order valence-corrected chi connectivity index (χ0v) is 15.2. The summed E-state index contributed by atoms with van der Waals surface area (Å²) < 4.78 is 64.3. The Bertz CT molecular complexity index is 861. The molecule has 2 N–H and O–H groups in total. The van der Waals surface area contributed by atoms with Gasteiger partial charge < -0.3 is 15.5 Å². The first kappa shape index (κ1) is 22.4. The molecule has 0 spiro atoms. The van der Waals surface area contributed by atoms with E-state index in [4.69, 9.17) is 18.0 Å². The number of alkyl halides is 3. The van der Waals surface area contributed by atoms with Gasteiger partial charge in [0.2, 0.25) is 5.91 Å². The average Bonchev–Trinajstić information content (AvgIpc) is 3.12. The van der Waals surface area contributed by atoms with E-state index in [1.54, 1.807) is 0 Å². The van der Waals surface area contributed by atoms with Crippen molar-refractivity contribution in [3.8, 4) is 12.3 Å². The minimum Gasteiger partial charge on any atom is -0.334 e. The molecule has 0 bridgehead atoms. The van der Waals surface area contributed by atoms with Crippen LogP contribution in [0.1, 0.15) is 6.42 Å².